The molecule has 5 heteroatoms. The number of hydrogen-bond donors (Lipinski definition) is 3. The molecule has 20 heavy (non-hydrogen) atoms. The van der Waals surface area contributed by atoms with Crippen molar-refractivity contribution in [2.24, 2.45) is 5.73 Å². The number of hydrogen-bond acceptors (Lipinski definition) is 3. The average Bonchev–Trinajstić information content (AvgIpc) is 2.48. The third-order valence-electron chi connectivity index (χ3n) is 2.92. The number of nitrogens with one attached hydrogen (secondary N) is 1. The molecule has 2 aromatic rings. The molecular formula is C15H15BrN2O2. The zero-order valence-corrected chi connectivity index (χ0v) is 12.3. The highest BCUT2D eigenvalue weighted by Crippen LogP contribution is 2.24. The monoisotopic (exact) mass is 334 g/mol. The Morgan fingerprint density at radius 1 is 1.25 bits per heavy atom. The first kappa shape index (κ1) is 14.6. The molecule has 0 spiro atoms. The first-order valence-electron chi connectivity index (χ1n) is 6.15. The van der Waals surface area contributed by atoms with Gasteiger partial charge in [0.05, 0.1) is 4.47 Å². The van der Waals surface area contributed by atoms with Gasteiger partial charge in [-0.1, -0.05) is 30.3 Å². The number of amides is 1. The lowest BCUT2D eigenvalue weighted by Crippen LogP contribution is -2.31. The van der Waals surface area contributed by atoms with Crippen molar-refractivity contribution in [3.8, 4) is 5.75 Å². The SMILES string of the molecule is NC(CNC(=O)c1ccc(Br)c(O)c1)c1ccccc1. The predicted molar refractivity (Wildman–Crippen MR) is 81.5 cm³/mol. The van der Waals surface area contributed by atoms with Gasteiger partial charge in [-0.25, -0.2) is 0 Å². The number of carbonyl (C=O) groups excluding carboxylic acids is 1. The molecule has 0 aliphatic carbocycles. The highest BCUT2D eigenvalue weighted by molar-refractivity contribution is 9.10. The van der Waals surface area contributed by atoms with Crippen molar-refractivity contribution in [1.82, 2.24) is 5.32 Å². The zero-order chi connectivity index (χ0) is 14.5. The smallest absolute Gasteiger partial charge is 0.251 e. The molecule has 4 nitrogen and oxygen atoms in total. The van der Waals surface area contributed by atoms with E-state index in [0.29, 0.717) is 16.6 Å². The summed E-state index contributed by atoms with van der Waals surface area (Å²) >= 11 is 3.17. The number of carbonyl (C=O) groups is 1. The molecule has 1 amide bonds. The molecule has 2 rings (SSSR count). The predicted octanol–water partition coefficient (Wildman–Crippen LogP) is 2.58. The van der Waals surface area contributed by atoms with E-state index in [9.17, 15) is 9.90 Å². The Bertz CT molecular complexity index is 602. The third kappa shape index (κ3) is 3.59. The first-order chi connectivity index (χ1) is 9.58. The van der Waals surface area contributed by atoms with E-state index in [0.717, 1.165) is 5.56 Å². The molecule has 0 fully saturated rings. The molecule has 1 atom stereocenters. The summed E-state index contributed by atoms with van der Waals surface area (Å²) in [7, 11) is 0. The van der Waals surface area contributed by atoms with Crippen LogP contribution in [0.3, 0.4) is 0 Å². The van der Waals surface area contributed by atoms with Crippen LogP contribution in [0.25, 0.3) is 0 Å². The van der Waals surface area contributed by atoms with Crippen molar-refractivity contribution >= 4 is 21.8 Å². The quantitative estimate of drug-likeness (QED) is 0.804. The van der Waals surface area contributed by atoms with E-state index in [-0.39, 0.29) is 17.7 Å². The molecule has 0 saturated carbocycles. The van der Waals surface area contributed by atoms with Gasteiger partial charge in [0.1, 0.15) is 5.75 Å². The number of phenolic OH excluding ortho intramolecular Hbond substituents is 1. The third-order valence-corrected chi connectivity index (χ3v) is 3.59. The molecule has 1 unspecified atom stereocenters. The fourth-order valence-corrected chi connectivity index (χ4v) is 2.02. The van der Waals surface area contributed by atoms with Crippen molar-refractivity contribution in [3.63, 3.8) is 0 Å². The molecular weight excluding hydrogens is 320 g/mol. The lowest BCUT2D eigenvalue weighted by atomic mass is 10.1. The molecule has 0 heterocycles. The minimum absolute atomic E-state index is 0.0324. The largest absolute Gasteiger partial charge is 0.507 e. The molecule has 4 N–H and O–H groups in total. The fourth-order valence-electron chi connectivity index (χ4n) is 1.78. The number of halogens is 1. The van der Waals surface area contributed by atoms with Gasteiger partial charge in [0, 0.05) is 18.2 Å². The molecule has 0 saturated heterocycles. The van der Waals surface area contributed by atoms with Crippen LogP contribution in [0.15, 0.2) is 53.0 Å². The lowest BCUT2D eigenvalue weighted by Gasteiger charge is -2.13. The van der Waals surface area contributed by atoms with Crippen molar-refractivity contribution < 1.29 is 9.90 Å². The summed E-state index contributed by atoms with van der Waals surface area (Å²) in [5.41, 5.74) is 7.36. The zero-order valence-electron chi connectivity index (χ0n) is 10.7. The molecule has 0 radical (unpaired) electrons. The first-order valence-corrected chi connectivity index (χ1v) is 6.94. The molecule has 0 bridgehead atoms. The van der Waals surface area contributed by atoms with Gasteiger partial charge >= 0.3 is 0 Å². The Morgan fingerprint density at radius 3 is 2.60 bits per heavy atom. The summed E-state index contributed by atoms with van der Waals surface area (Å²) in [6.45, 7) is 0.333. The average molecular weight is 335 g/mol. The van der Waals surface area contributed by atoms with E-state index in [1.807, 2.05) is 30.3 Å². The van der Waals surface area contributed by atoms with E-state index >= 15 is 0 Å². The van der Waals surface area contributed by atoms with Crippen LogP contribution in [-0.2, 0) is 0 Å². The van der Waals surface area contributed by atoms with Gasteiger partial charge in [-0.05, 0) is 39.7 Å². The molecule has 0 aliphatic rings. The van der Waals surface area contributed by atoms with E-state index in [1.165, 1.54) is 6.07 Å². The van der Waals surface area contributed by atoms with Crippen molar-refractivity contribution in [1.29, 1.82) is 0 Å². The van der Waals surface area contributed by atoms with Gasteiger partial charge in [0.15, 0.2) is 0 Å². The summed E-state index contributed by atoms with van der Waals surface area (Å²) in [6.07, 6.45) is 0. The summed E-state index contributed by atoms with van der Waals surface area (Å²) in [4.78, 5) is 12.0. The summed E-state index contributed by atoms with van der Waals surface area (Å²) in [5, 5.41) is 12.3. The van der Waals surface area contributed by atoms with Crippen LogP contribution in [0, 0.1) is 0 Å². The van der Waals surface area contributed by atoms with Crippen LogP contribution in [0.1, 0.15) is 22.0 Å². The number of benzene rings is 2. The van der Waals surface area contributed by atoms with Crippen LogP contribution in [0.5, 0.6) is 5.75 Å². The van der Waals surface area contributed by atoms with Crippen LogP contribution in [-0.4, -0.2) is 17.6 Å². The highest BCUT2D eigenvalue weighted by Gasteiger charge is 2.11. The maximum atomic E-state index is 12.0. The number of phenols is 1. The van der Waals surface area contributed by atoms with E-state index in [4.69, 9.17) is 5.73 Å². The van der Waals surface area contributed by atoms with Gasteiger partial charge in [0.2, 0.25) is 0 Å². The number of aromatic hydroxyl groups is 1. The fraction of sp³-hybridized carbons (Fsp3) is 0.133. The maximum Gasteiger partial charge on any atom is 0.251 e. The molecule has 104 valence electrons. The van der Waals surface area contributed by atoms with Gasteiger partial charge < -0.3 is 16.2 Å². The van der Waals surface area contributed by atoms with E-state index < -0.39 is 0 Å². The van der Waals surface area contributed by atoms with Crippen molar-refractivity contribution in [3.05, 3.63) is 64.1 Å². The van der Waals surface area contributed by atoms with Gasteiger partial charge in [-0.3, -0.25) is 4.79 Å². The van der Waals surface area contributed by atoms with Crippen molar-refractivity contribution in [2.75, 3.05) is 6.54 Å². The Kier molecular flexibility index (Phi) is 4.76. The summed E-state index contributed by atoms with van der Waals surface area (Å²) in [6, 6.07) is 14.0. The Morgan fingerprint density at radius 2 is 1.95 bits per heavy atom. The Balaban J connectivity index is 1.97. The number of rotatable bonds is 4. The second-order valence-electron chi connectivity index (χ2n) is 4.39. The van der Waals surface area contributed by atoms with Crippen LogP contribution in [0.2, 0.25) is 0 Å². The molecule has 0 aliphatic heterocycles. The second kappa shape index (κ2) is 6.54. The summed E-state index contributed by atoms with van der Waals surface area (Å²) < 4.78 is 0.551. The molecule has 2 aromatic carbocycles. The van der Waals surface area contributed by atoms with Gasteiger partial charge in [0.25, 0.3) is 5.91 Å². The normalized spacial score (nSPS) is 11.9. The lowest BCUT2D eigenvalue weighted by molar-refractivity contribution is 0.0951. The van der Waals surface area contributed by atoms with Gasteiger partial charge in [-0.15, -0.1) is 0 Å². The Hall–Kier alpha value is -1.85. The summed E-state index contributed by atoms with van der Waals surface area (Å²) in [5.74, 6) is -0.232. The second-order valence-corrected chi connectivity index (χ2v) is 5.25. The van der Waals surface area contributed by atoms with Crippen LogP contribution < -0.4 is 11.1 Å². The standard InChI is InChI=1S/C15H15BrN2O2/c16-12-7-6-11(8-14(12)19)15(20)18-9-13(17)10-4-2-1-3-5-10/h1-8,13,19H,9,17H2,(H,18,20). The Labute approximate surface area is 125 Å². The van der Waals surface area contributed by atoms with Crippen LogP contribution in [0.4, 0.5) is 0 Å². The number of nitrogens with two attached hydrogens (primary N) is 1. The maximum absolute atomic E-state index is 12.0. The molecule has 0 aromatic heterocycles. The minimum atomic E-state index is -0.265. The van der Waals surface area contributed by atoms with E-state index in [1.54, 1.807) is 12.1 Å². The highest BCUT2D eigenvalue weighted by atomic mass is 79.9. The van der Waals surface area contributed by atoms with Crippen molar-refractivity contribution in [2.45, 2.75) is 6.04 Å². The minimum Gasteiger partial charge on any atom is -0.507 e. The van der Waals surface area contributed by atoms with Crippen LogP contribution >= 0.6 is 15.9 Å². The van der Waals surface area contributed by atoms with Gasteiger partial charge in [-0.2, -0.15) is 0 Å². The van der Waals surface area contributed by atoms with E-state index in [2.05, 4.69) is 21.2 Å². The topological polar surface area (TPSA) is 75.3 Å².